The number of aromatic amines is 1. The molecule has 1 aliphatic rings. The Hall–Kier alpha value is -2.14. The number of anilines is 1. The number of rotatable bonds is 7. The Morgan fingerprint density at radius 2 is 2.06 bits per heavy atom. The van der Waals surface area contributed by atoms with Gasteiger partial charge in [-0.15, -0.1) is 11.8 Å². The van der Waals surface area contributed by atoms with Crippen molar-refractivity contribution in [3.05, 3.63) is 58.5 Å². The molecule has 7 nitrogen and oxygen atoms in total. The van der Waals surface area contributed by atoms with Gasteiger partial charge in [-0.1, -0.05) is 54.1 Å². The second-order valence-corrected chi connectivity index (χ2v) is 13.4. The summed E-state index contributed by atoms with van der Waals surface area (Å²) in [6, 6.07) is 8.50. The number of piperidine rings is 1. The van der Waals surface area contributed by atoms with E-state index in [2.05, 4.69) is 86.1 Å². The first kappa shape index (κ1) is 25.5. The number of aromatic nitrogens is 3. The number of carbonyl (C=O) groups excluding carboxylic acids is 1. The molecule has 0 bridgehead atoms. The number of thiazole rings is 1. The molecule has 0 radical (unpaired) electrons. The first-order valence-corrected chi connectivity index (χ1v) is 14.7. The third kappa shape index (κ3) is 6.22. The second-order valence-electron chi connectivity index (χ2n) is 10.2. The number of halogens is 1. The maximum atomic E-state index is 12.9. The molecule has 1 aliphatic heterocycles. The molecule has 0 unspecified atom stereocenters. The summed E-state index contributed by atoms with van der Waals surface area (Å²) in [6.45, 7) is 9.00. The van der Waals surface area contributed by atoms with E-state index in [4.69, 9.17) is 4.42 Å². The van der Waals surface area contributed by atoms with Gasteiger partial charge in [0.05, 0.1) is 22.4 Å². The standard InChI is InChI=1S/C26H30BrN5O2S2/c1-26(2,3)21-12-28-22(34-21)15-35-23-13-29-25(36-23)31-24(33)16-6-8-32(9-7-16)14-19-10-17-4-5-18(27)11-20(17)30-19/h4-5,10-13,16,30H,6-9,14-15H2,1-3H3,(H,29,31,33). The molecule has 1 saturated heterocycles. The van der Waals surface area contributed by atoms with Gasteiger partial charge in [-0.25, -0.2) is 9.97 Å². The first-order chi connectivity index (χ1) is 17.2. The summed E-state index contributed by atoms with van der Waals surface area (Å²) in [7, 11) is 0. The highest BCUT2D eigenvalue weighted by Crippen LogP contribution is 2.32. The molecule has 4 aromatic rings. The van der Waals surface area contributed by atoms with Crippen LogP contribution in [0.5, 0.6) is 0 Å². The Kier molecular flexibility index (Phi) is 7.57. The largest absolute Gasteiger partial charge is 0.444 e. The number of hydrogen-bond donors (Lipinski definition) is 2. The number of benzene rings is 1. The Morgan fingerprint density at radius 3 is 2.81 bits per heavy atom. The summed E-state index contributed by atoms with van der Waals surface area (Å²) in [4.78, 5) is 27.6. The van der Waals surface area contributed by atoms with Crippen LogP contribution in [0.1, 0.15) is 51.0 Å². The molecule has 0 aliphatic carbocycles. The van der Waals surface area contributed by atoms with Crippen LogP contribution >= 0.6 is 39.0 Å². The van der Waals surface area contributed by atoms with E-state index in [1.807, 2.05) is 0 Å². The van der Waals surface area contributed by atoms with Crippen LogP contribution in [0.2, 0.25) is 0 Å². The predicted molar refractivity (Wildman–Crippen MR) is 150 cm³/mol. The predicted octanol–water partition coefficient (Wildman–Crippen LogP) is 6.82. The third-order valence-corrected chi connectivity index (χ3v) is 8.92. The number of likely N-dealkylation sites (tertiary alicyclic amines) is 1. The summed E-state index contributed by atoms with van der Waals surface area (Å²) in [5.41, 5.74) is 2.30. The van der Waals surface area contributed by atoms with Gasteiger partial charge in [0.2, 0.25) is 11.8 Å². The first-order valence-electron chi connectivity index (χ1n) is 12.1. The van der Waals surface area contributed by atoms with Gasteiger partial charge >= 0.3 is 0 Å². The van der Waals surface area contributed by atoms with Crippen molar-refractivity contribution < 1.29 is 9.21 Å². The van der Waals surface area contributed by atoms with Gasteiger partial charge in [0, 0.05) is 33.6 Å². The van der Waals surface area contributed by atoms with Crippen LogP contribution < -0.4 is 5.32 Å². The van der Waals surface area contributed by atoms with E-state index in [1.54, 1.807) is 24.2 Å². The van der Waals surface area contributed by atoms with E-state index in [-0.39, 0.29) is 17.2 Å². The van der Waals surface area contributed by atoms with Gasteiger partial charge in [0.15, 0.2) is 5.13 Å². The zero-order chi connectivity index (χ0) is 25.3. The number of amides is 1. The lowest BCUT2D eigenvalue weighted by Crippen LogP contribution is -2.37. The average Bonchev–Trinajstić information content (AvgIpc) is 3.57. The molecule has 3 aromatic heterocycles. The Balaban J connectivity index is 1.08. The molecule has 5 rings (SSSR count). The van der Waals surface area contributed by atoms with Crippen molar-refractivity contribution >= 4 is 61.0 Å². The molecule has 1 fully saturated rings. The molecule has 36 heavy (non-hydrogen) atoms. The van der Waals surface area contributed by atoms with E-state index in [0.29, 0.717) is 16.8 Å². The number of fused-ring (bicyclic) bond motifs is 1. The SMILES string of the molecule is CC(C)(C)c1cnc(CSc2cnc(NC(=O)C3CCN(Cc4cc5ccc(Br)cc5[nH]4)CC3)s2)o1. The summed E-state index contributed by atoms with van der Waals surface area (Å²) < 4.78 is 7.96. The summed E-state index contributed by atoms with van der Waals surface area (Å²) in [5.74, 6) is 2.31. The van der Waals surface area contributed by atoms with Crippen LogP contribution in [0.3, 0.4) is 0 Å². The molecule has 0 atom stereocenters. The maximum Gasteiger partial charge on any atom is 0.229 e. The number of oxazole rings is 1. The fraction of sp³-hybridized carbons (Fsp3) is 0.423. The highest BCUT2D eigenvalue weighted by atomic mass is 79.9. The lowest BCUT2D eigenvalue weighted by molar-refractivity contribution is -0.121. The number of H-pyrrole nitrogens is 1. The summed E-state index contributed by atoms with van der Waals surface area (Å²) in [6.07, 6.45) is 5.31. The molecule has 0 saturated carbocycles. The van der Waals surface area contributed by atoms with E-state index in [0.717, 1.165) is 52.4 Å². The van der Waals surface area contributed by atoms with E-state index >= 15 is 0 Å². The van der Waals surface area contributed by atoms with Gasteiger partial charge in [-0.3, -0.25) is 9.69 Å². The van der Waals surface area contributed by atoms with Gasteiger partial charge in [0.25, 0.3) is 0 Å². The molecular formula is C26H30BrN5O2S2. The summed E-state index contributed by atoms with van der Waals surface area (Å²) >= 11 is 6.64. The van der Waals surface area contributed by atoms with Crippen molar-refractivity contribution in [2.45, 2.75) is 55.5 Å². The van der Waals surface area contributed by atoms with Gasteiger partial charge in [-0.2, -0.15) is 0 Å². The molecule has 0 spiro atoms. The van der Waals surface area contributed by atoms with Gasteiger partial charge in [0.1, 0.15) is 5.76 Å². The molecule has 10 heteroatoms. The molecule has 190 valence electrons. The number of thioether (sulfide) groups is 1. The zero-order valence-electron chi connectivity index (χ0n) is 20.6. The topological polar surface area (TPSA) is 87.0 Å². The van der Waals surface area contributed by atoms with Crippen LogP contribution in [0.4, 0.5) is 5.13 Å². The van der Waals surface area contributed by atoms with Crippen LogP contribution in [0, 0.1) is 5.92 Å². The van der Waals surface area contributed by atoms with Crippen LogP contribution in [-0.2, 0) is 22.5 Å². The maximum absolute atomic E-state index is 12.9. The van der Waals surface area contributed by atoms with Crippen molar-refractivity contribution in [2.75, 3.05) is 18.4 Å². The van der Waals surface area contributed by atoms with E-state index in [1.165, 1.54) is 22.4 Å². The minimum atomic E-state index is -0.0534. The normalized spacial score (nSPS) is 15.6. The second kappa shape index (κ2) is 10.7. The fourth-order valence-electron chi connectivity index (χ4n) is 4.29. The van der Waals surface area contributed by atoms with E-state index in [9.17, 15) is 4.79 Å². The summed E-state index contributed by atoms with van der Waals surface area (Å²) in [5, 5.41) is 4.90. The van der Waals surface area contributed by atoms with Crippen molar-refractivity contribution in [1.29, 1.82) is 0 Å². The molecule has 2 N–H and O–H groups in total. The third-order valence-electron chi connectivity index (χ3n) is 6.34. The van der Waals surface area contributed by atoms with E-state index < -0.39 is 0 Å². The highest BCUT2D eigenvalue weighted by Gasteiger charge is 2.26. The fourth-order valence-corrected chi connectivity index (χ4v) is 6.38. The highest BCUT2D eigenvalue weighted by molar-refractivity contribution is 9.10. The molecule has 1 amide bonds. The Labute approximate surface area is 227 Å². The van der Waals surface area contributed by atoms with Crippen molar-refractivity contribution in [2.24, 2.45) is 5.92 Å². The van der Waals surface area contributed by atoms with Crippen molar-refractivity contribution in [1.82, 2.24) is 19.9 Å². The average molecular weight is 589 g/mol. The minimum Gasteiger partial charge on any atom is -0.444 e. The minimum absolute atomic E-state index is 0.0167. The number of hydrogen-bond acceptors (Lipinski definition) is 7. The lowest BCUT2D eigenvalue weighted by Gasteiger charge is -2.30. The number of carbonyl (C=O) groups is 1. The van der Waals surface area contributed by atoms with Gasteiger partial charge < -0.3 is 14.7 Å². The molecular weight excluding hydrogens is 558 g/mol. The number of nitrogens with zero attached hydrogens (tertiary/aromatic N) is 3. The van der Waals surface area contributed by atoms with Crippen LogP contribution in [0.15, 0.2) is 49.8 Å². The van der Waals surface area contributed by atoms with Gasteiger partial charge in [-0.05, 0) is 49.5 Å². The molecule has 1 aromatic carbocycles. The Morgan fingerprint density at radius 1 is 1.25 bits per heavy atom. The quantitative estimate of drug-likeness (QED) is 0.231. The van der Waals surface area contributed by atoms with Crippen molar-refractivity contribution in [3.63, 3.8) is 0 Å². The van der Waals surface area contributed by atoms with Crippen LogP contribution in [-0.4, -0.2) is 38.8 Å². The smallest absolute Gasteiger partial charge is 0.229 e. The Bertz CT molecular complexity index is 1350. The van der Waals surface area contributed by atoms with Crippen LogP contribution in [0.25, 0.3) is 10.9 Å². The zero-order valence-corrected chi connectivity index (χ0v) is 23.9. The number of nitrogens with one attached hydrogen (secondary N) is 2. The van der Waals surface area contributed by atoms with Crippen molar-refractivity contribution in [3.8, 4) is 0 Å². The monoisotopic (exact) mass is 587 g/mol. The lowest BCUT2D eigenvalue weighted by atomic mass is 9.94. The molecule has 4 heterocycles.